The van der Waals surface area contributed by atoms with E-state index < -0.39 is 0 Å². The predicted molar refractivity (Wildman–Crippen MR) is 58.4 cm³/mol. The number of thioether (sulfide) groups is 1. The molecule has 4 heteroatoms. The summed E-state index contributed by atoms with van der Waals surface area (Å²) in [5.41, 5.74) is 0. The van der Waals surface area contributed by atoms with Crippen molar-refractivity contribution < 1.29 is 0 Å². The van der Waals surface area contributed by atoms with Crippen molar-refractivity contribution in [3.8, 4) is 0 Å². The molecular weight excluding hydrogens is 182 g/mol. The number of nitrogens with zero attached hydrogens (tertiary/aromatic N) is 1. The van der Waals surface area contributed by atoms with E-state index in [0.717, 1.165) is 24.4 Å². The lowest BCUT2D eigenvalue weighted by molar-refractivity contribution is 0.187. The van der Waals surface area contributed by atoms with E-state index >= 15 is 0 Å². The summed E-state index contributed by atoms with van der Waals surface area (Å²) in [5, 5.41) is 7.69. The quantitative estimate of drug-likeness (QED) is 0.635. The van der Waals surface area contributed by atoms with Crippen LogP contribution in [0, 0.1) is 0 Å². The fourth-order valence-electron chi connectivity index (χ4n) is 2.26. The molecular formula is C9H19N3S. The minimum absolute atomic E-state index is 0.775. The van der Waals surface area contributed by atoms with Gasteiger partial charge in [0.2, 0.25) is 0 Å². The molecule has 2 saturated heterocycles. The van der Waals surface area contributed by atoms with Gasteiger partial charge < -0.3 is 10.6 Å². The number of piperazine rings is 1. The van der Waals surface area contributed by atoms with Crippen LogP contribution >= 0.6 is 11.8 Å². The Morgan fingerprint density at radius 1 is 1.15 bits per heavy atom. The van der Waals surface area contributed by atoms with Crippen molar-refractivity contribution in [3.63, 3.8) is 0 Å². The van der Waals surface area contributed by atoms with Gasteiger partial charge in [0.25, 0.3) is 0 Å². The molecule has 2 fully saturated rings. The Labute approximate surface area is 84.6 Å². The third-order valence-electron chi connectivity index (χ3n) is 3.05. The topological polar surface area (TPSA) is 27.3 Å². The summed E-state index contributed by atoms with van der Waals surface area (Å²) in [4.78, 5) is 2.64. The van der Waals surface area contributed by atoms with E-state index in [1.165, 1.54) is 26.2 Å². The monoisotopic (exact) mass is 201 g/mol. The van der Waals surface area contributed by atoms with E-state index in [-0.39, 0.29) is 0 Å². The Morgan fingerprint density at radius 2 is 1.92 bits per heavy atom. The molecule has 0 aliphatic carbocycles. The molecule has 13 heavy (non-hydrogen) atoms. The molecule has 2 unspecified atom stereocenters. The van der Waals surface area contributed by atoms with Gasteiger partial charge in [-0.3, -0.25) is 4.90 Å². The van der Waals surface area contributed by atoms with Gasteiger partial charge in [-0.2, -0.15) is 11.8 Å². The fraction of sp³-hybridized carbons (Fsp3) is 1.00. The fourth-order valence-corrected chi connectivity index (χ4v) is 3.13. The minimum Gasteiger partial charge on any atom is -0.314 e. The lowest BCUT2D eigenvalue weighted by Gasteiger charge is -2.34. The minimum atomic E-state index is 0.775. The highest BCUT2D eigenvalue weighted by atomic mass is 32.2. The zero-order valence-electron chi connectivity index (χ0n) is 8.25. The molecule has 76 valence electrons. The zero-order valence-corrected chi connectivity index (χ0v) is 9.07. The molecule has 0 amide bonds. The van der Waals surface area contributed by atoms with Crippen LogP contribution in [0.4, 0.5) is 0 Å². The number of hydrogen-bond acceptors (Lipinski definition) is 4. The third kappa shape index (κ3) is 2.18. The first-order valence-electron chi connectivity index (χ1n) is 5.10. The van der Waals surface area contributed by atoms with Gasteiger partial charge >= 0.3 is 0 Å². The molecule has 2 aliphatic heterocycles. The van der Waals surface area contributed by atoms with E-state index in [9.17, 15) is 0 Å². The Bertz CT molecular complexity index is 159. The van der Waals surface area contributed by atoms with Crippen molar-refractivity contribution in [1.29, 1.82) is 0 Å². The molecule has 2 atom stereocenters. The maximum Gasteiger partial charge on any atom is 0.0352 e. The van der Waals surface area contributed by atoms with Gasteiger partial charge in [-0.25, -0.2) is 0 Å². The van der Waals surface area contributed by atoms with Crippen LogP contribution in [0.3, 0.4) is 0 Å². The Kier molecular flexibility index (Phi) is 3.49. The second-order valence-corrected chi connectivity index (χ2v) is 4.86. The van der Waals surface area contributed by atoms with Crippen LogP contribution in [0.25, 0.3) is 0 Å². The van der Waals surface area contributed by atoms with E-state index in [1.54, 1.807) is 0 Å². The van der Waals surface area contributed by atoms with E-state index in [2.05, 4.69) is 21.8 Å². The summed E-state index contributed by atoms with van der Waals surface area (Å²) in [6.45, 7) is 7.16. The van der Waals surface area contributed by atoms with Crippen molar-refractivity contribution in [1.82, 2.24) is 15.5 Å². The van der Waals surface area contributed by atoms with Crippen LogP contribution in [-0.2, 0) is 0 Å². The van der Waals surface area contributed by atoms with Crippen molar-refractivity contribution >= 4 is 11.8 Å². The van der Waals surface area contributed by atoms with Crippen LogP contribution in [0.15, 0.2) is 0 Å². The average molecular weight is 201 g/mol. The molecule has 2 aliphatic rings. The summed E-state index contributed by atoms with van der Waals surface area (Å²) in [6.07, 6.45) is 2.23. The maximum absolute atomic E-state index is 3.49. The van der Waals surface area contributed by atoms with Gasteiger partial charge in [-0.15, -0.1) is 0 Å². The second-order valence-electron chi connectivity index (χ2n) is 3.79. The Balaban J connectivity index is 1.90. The zero-order chi connectivity index (χ0) is 9.10. The SMILES string of the molecule is CSC1CNCC1N1CCNCC1. The van der Waals surface area contributed by atoms with Gasteiger partial charge in [-0.1, -0.05) is 0 Å². The largest absolute Gasteiger partial charge is 0.314 e. The molecule has 2 rings (SSSR count). The van der Waals surface area contributed by atoms with Crippen molar-refractivity contribution in [3.05, 3.63) is 0 Å². The van der Waals surface area contributed by atoms with Crippen LogP contribution in [0.1, 0.15) is 0 Å². The Morgan fingerprint density at radius 3 is 2.62 bits per heavy atom. The molecule has 0 aromatic rings. The highest BCUT2D eigenvalue weighted by Gasteiger charge is 2.31. The molecule has 0 bridgehead atoms. The molecule has 2 N–H and O–H groups in total. The predicted octanol–water partition coefficient (Wildman–Crippen LogP) is -0.405. The second kappa shape index (κ2) is 4.64. The van der Waals surface area contributed by atoms with Gasteiger partial charge in [0.15, 0.2) is 0 Å². The lowest BCUT2D eigenvalue weighted by atomic mass is 10.2. The van der Waals surface area contributed by atoms with Gasteiger partial charge in [0, 0.05) is 50.6 Å². The number of hydrogen-bond donors (Lipinski definition) is 2. The highest BCUT2D eigenvalue weighted by Crippen LogP contribution is 2.20. The Hall–Kier alpha value is 0.230. The van der Waals surface area contributed by atoms with E-state index in [4.69, 9.17) is 0 Å². The smallest absolute Gasteiger partial charge is 0.0352 e. The van der Waals surface area contributed by atoms with Crippen molar-refractivity contribution in [2.24, 2.45) is 0 Å². The van der Waals surface area contributed by atoms with Crippen LogP contribution in [-0.4, -0.2) is 61.7 Å². The van der Waals surface area contributed by atoms with Crippen LogP contribution in [0.5, 0.6) is 0 Å². The van der Waals surface area contributed by atoms with Crippen molar-refractivity contribution in [2.75, 3.05) is 45.5 Å². The maximum atomic E-state index is 3.49. The van der Waals surface area contributed by atoms with E-state index in [0.29, 0.717) is 0 Å². The molecule has 0 saturated carbocycles. The lowest BCUT2D eigenvalue weighted by Crippen LogP contribution is -2.51. The molecule has 0 radical (unpaired) electrons. The first-order valence-corrected chi connectivity index (χ1v) is 6.39. The standard InChI is InChI=1S/C9H19N3S/c1-13-9-7-11-6-8(9)12-4-2-10-3-5-12/h8-11H,2-7H2,1H3. The van der Waals surface area contributed by atoms with Crippen LogP contribution in [0.2, 0.25) is 0 Å². The summed E-state index contributed by atoms with van der Waals surface area (Å²) in [5.74, 6) is 0. The number of rotatable bonds is 2. The van der Waals surface area contributed by atoms with Gasteiger partial charge in [-0.05, 0) is 6.26 Å². The first kappa shape index (κ1) is 9.77. The molecule has 0 spiro atoms. The van der Waals surface area contributed by atoms with Crippen LogP contribution < -0.4 is 10.6 Å². The first-order chi connectivity index (χ1) is 6.42. The van der Waals surface area contributed by atoms with Gasteiger partial charge in [0.1, 0.15) is 0 Å². The summed E-state index contributed by atoms with van der Waals surface area (Å²) < 4.78 is 0. The van der Waals surface area contributed by atoms with E-state index in [1.807, 2.05) is 11.8 Å². The summed E-state index contributed by atoms with van der Waals surface area (Å²) >= 11 is 2.01. The number of nitrogens with one attached hydrogen (secondary N) is 2. The molecule has 0 aromatic heterocycles. The molecule has 3 nitrogen and oxygen atoms in total. The normalized spacial score (nSPS) is 36.7. The summed E-state index contributed by atoms with van der Waals surface area (Å²) in [7, 11) is 0. The van der Waals surface area contributed by atoms with Gasteiger partial charge in [0.05, 0.1) is 0 Å². The summed E-state index contributed by atoms with van der Waals surface area (Å²) in [6, 6.07) is 0.775. The van der Waals surface area contributed by atoms with Crippen molar-refractivity contribution in [2.45, 2.75) is 11.3 Å². The molecule has 2 heterocycles. The highest BCUT2D eigenvalue weighted by molar-refractivity contribution is 7.99. The molecule has 0 aromatic carbocycles. The average Bonchev–Trinajstić information content (AvgIpc) is 2.67. The third-order valence-corrected chi connectivity index (χ3v) is 4.14.